The number of carbonyl (C=O) groups is 1. The van der Waals surface area contributed by atoms with E-state index < -0.39 is 0 Å². The number of carbonyl (C=O) groups excluding carboxylic acids is 1. The lowest BCUT2D eigenvalue weighted by Crippen LogP contribution is -2.38. The van der Waals surface area contributed by atoms with Crippen molar-refractivity contribution in [1.82, 2.24) is 10.1 Å². The molecule has 0 radical (unpaired) electrons. The van der Waals surface area contributed by atoms with Gasteiger partial charge in [0.15, 0.2) is 11.5 Å². The number of nitriles is 1. The molecule has 0 aliphatic carbocycles. The van der Waals surface area contributed by atoms with E-state index in [1.165, 1.54) is 0 Å². The number of likely N-dealkylation sites (tertiary alicyclic amines) is 1. The van der Waals surface area contributed by atoms with E-state index >= 15 is 0 Å². The molecule has 3 rings (SSSR count). The molecule has 1 saturated heterocycles. The molecule has 0 N–H and O–H groups in total. The Morgan fingerprint density at radius 1 is 1.32 bits per heavy atom. The van der Waals surface area contributed by atoms with Crippen LogP contribution < -0.4 is 0 Å². The van der Waals surface area contributed by atoms with Gasteiger partial charge in [-0.3, -0.25) is 4.79 Å². The average Bonchev–Trinajstić information content (AvgIpc) is 3.05. The van der Waals surface area contributed by atoms with Crippen molar-refractivity contribution < 1.29 is 9.32 Å². The summed E-state index contributed by atoms with van der Waals surface area (Å²) in [5, 5.41) is 13.4. The van der Waals surface area contributed by atoms with Crippen molar-refractivity contribution in [2.24, 2.45) is 5.92 Å². The molecule has 6 heteroatoms. The molecule has 1 aliphatic rings. The zero-order valence-electron chi connectivity index (χ0n) is 11.8. The van der Waals surface area contributed by atoms with Crippen LogP contribution in [0.2, 0.25) is 5.02 Å². The van der Waals surface area contributed by atoms with Gasteiger partial charge in [0, 0.05) is 35.7 Å². The van der Waals surface area contributed by atoms with Gasteiger partial charge in [0.25, 0.3) is 5.91 Å². The Hall–Kier alpha value is -2.32. The minimum atomic E-state index is -0.152. The molecule has 0 bridgehead atoms. The summed E-state index contributed by atoms with van der Waals surface area (Å²) in [5.74, 6) is 0.429. The lowest BCUT2D eigenvalue weighted by molar-refractivity contribution is 0.0697. The van der Waals surface area contributed by atoms with E-state index in [2.05, 4.69) is 11.2 Å². The number of hydrogen-bond acceptors (Lipinski definition) is 4. The van der Waals surface area contributed by atoms with Crippen LogP contribution in [0.15, 0.2) is 34.9 Å². The molecule has 112 valence electrons. The van der Waals surface area contributed by atoms with Crippen LogP contribution in [0.25, 0.3) is 11.3 Å². The molecule has 2 heterocycles. The third kappa shape index (κ3) is 2.97. The van der Waals surface area contributed by atoms with Gasteiger partial charge in [0.1, 0.15) is 0 Å². The van der Waals surface area contributed by atoms with E-state index in [1.54, 1.807) is 23.1 Å². The lowest BCUT2D eigenvalue weighted by Gasteiger charge is -2.28. The van der Waals surface area contributed by atoms with Gasteiger partial charge in [-0.1, -0.05) is 16.8 Å². The van der Waals surface area contributed by atoms with E-state index in [-0.39, 0.29) is 11.8 Å². The van der Waals surface area contributed by atoms with Crippen molar-refractivity contribution in [3.05, 3.63) is 41.0 Å². The number of aromatic nitrogens is 1. The fraction of sp³-hybridized carbons (Fsp3) is 0.312. The number of benzene rings is 1. The Bertz CT molecular complexity index is 710. The largest absolute Gasteiger partial charge is 0.355 e. The monoisotopic (exact) mass is 315 g/mol. The molecular formula is C16H14ClN3O2. The highest BCUT2D eigenvalue weighted by Gasteiger charge is 2.25. The van der Waals surface area contributed by atoms with Crippen molar-refractivity contribution in [1.29, 1.82) is 5.26 Å². The van der Waals surface area contributed by atoms with Gasteiger partial charge in [0.2, 0.25) is 0 Å². The van der Waals surface area contributed by atoms with Crippen LogP contribution in [0.1, 0.15) is 23.3 Å². The van der Waals surface area contributed by atoms with E-state index in [9.17, 15) is 4.79 Å². The van der Waals surface area contributed by atoms with Crippen LogP contribution in [-0.4, -0.2) is 29.1 Å². The van der Waals surface area contributed by atoms with Crippen molar-refractivity contribution in [2.75, 3.05) is 13.1 Å². The molecule has 1 aliphatic heterocycles. The Balaban J connectivity index is 1.72. The maximum Gasteiger partial charge on any atom is 0.276 e. The predicted octanol–water partition coefficient (Wildman–Crippen LogP) is 3.37. The zero-order valence-corrected chi connectivity index (χ0v) is 12.6. The van der Waals surface area contributed by atoms with Crippen molar-refractivity contribution in [2.45, 2.75) is 12.8 Å². The number of nitrogens with zero attached hydrogens (tertiary/aromatic N) is 3. The topological polar surface area (TPSA) is 70.1 Å². The minimum absolute atomic E-state index is 0.0472. The number of halogens is 1. The third-order valence-corrected chi connectivity index (χ3v) is 4.07. The highest BCUT2D eigenvalue weighted by atomic mass is 35.5. The zero-order chi connectivity index (χ0) is 15.5. The molecule has 0 atom stereocenters. The van der Waals surface area contributed by atoms with Crippen LogP contribution in [0.5, 0.6) is 0 Å². The van der Waals surface area contributed by atoms with Gasteiger partial charge in [-0.25, -0.2) is 0 Å². The quantitative estimate of drug-likeness (QED) is 0.852. The maximum atomic E-state index is 12.4. The van der Waals surface area contributed by atoms with E-state index in [4.69, 9.17) is 21.4 Å². The Morgan fingerprint density at radius 2 is 2.00 bits per heavy atom. The maximum absolute atomic E-state index is 12.4. The Kier molecular flexibility index (Phi) is 4.12. The summed E-state index contributed by atoms with van der Waals surface area (Å²) in [6.07, 6.45) is 1.42. The first-order valence-corrected chi connectivity index (χ1v) is 7.46. The minimum Gasteiger partial charge on any atom is -0.355 e. The normalized spacial score (nSPS) is 15.5. The van der Waals surface area contributed by atoms with Crippen molar-refractivity contribution in [3.63, 3.8) is 0 Å². The standard InChI is InChI=1S/C16H14ClN3O2/c17-13-3-1-12(2-4-13)15-9-14(19-22-15)16(21)20-7-5-11(10-18)6-8-20/h1-4,9,11H,5-8H2. The molecular weight excluding hydrogens is 302 g/mol. The van der Waals surface area contributed by atoms with E-state index in [0.717, 1.165) is 5.56 Å². The number of hydrogen-bond donors (Lipinski definition) is 0. The van der Waals surface area contributed by atoms with Crippen LogP contribution >= 0.6 is 11.6 Å². The van der Waals surface area contributed by atoms with E-state index in [1.807, 2.05) is 12.1 Å². The summed E-state index contributed by atoms with van der Waals surface area (Å²) >= 11 is 5.85. The first-order chi connectivity index (χ1) is 10.7. The molecule has 22 heavy (non-hydrogen) atoms. The number of rotatable bonds is 2. The number of amides is 1. The van der Waals surface area contributed by atoms with Crippen LogP contribution in [-0.2, 0) is 0 Å². The van der Waals surface area contributed by atoms with Crippen molar-refractivity contribution >= 4 is 17.5 Å². The van der Waals surface area contributed by atoms with Gasteiger partial charge in [0.05, 0.1) is 6.07 Å². The summed E-state index contributed by atoms with van der Waals surface area (Å²) in [5.41, 5.74) is 1.11. The lowest BCUT2D eigenvalue weighted by atomic mass is 9.98. The second-order valence-electron chi connectivity index (χ2n) is 5.28. The van der Waals surface area contributed by atoms with Crippen LogP contribution in [0.3, 0.4) is 0 Å². The van der Waals surface area contributed by atoms with E-state index in [0.29, 0.717) is 42.4 Å². The molecule has 0 saturated carbocycles. The van der Waals surface area contributed by atoms with Gasteiger partial charge in [-0.15, -0.1) is 0 Å². The highest BCUT2D eigenvalue weighted by molar-refractivity contribution is 6.30. The molecule has 1 fully saturated rings. The van der Waals surface area contributed by atoms with Gasteiger partial charge in [-0.05, 0) is 37.1 Å². The molecule has 0 spiro atoms. The average molecular weight is 316 g/mol. The fourth-order valence-corrected chi connectivity index (χ4v) is 2.63. The highest BCUT2D eigenvalue weighted by Crippen LogP contribution is 2.24. The predicted molar refractivity (Wildman–Crippen MR) is 81.2 cm³/mol. The second-order valence-corrected chi connectivity index (χ2v) is 5.72. The summed E-state index contributed by atoms with van der Waals surface area (Å²) in [7, 11) is 0. The summed E-state index contributed by atoms with van der Waals surface area (Å²) in [6, 6.07) is 11.0. The Morgan fingerprint density at radius 3 is 2.64 bits per heavy atom. The van der Waals surface area contributed by atoms with Crippen molar-refractivity contribution in [3.8, 4) is 17.4 Å². The summed E-state index contributed by atoms with van der Waals surface area (Å²) in [6.45, 7) is 1.17. The summed E-state index contributed by atoms with van der Waals surface area (Å²) in [4.78, 5) is 14.1. The summed E-state index contributed by atoms with van der Waals surface area (Å²) < 4.78 is 5.25. The molecule has 1 aromatic heterocycles. The molecule has 1 aromatic carbocycles. The molecule has 0 unspecified atom stereocenters. The first-order valence-electron chi connectivity index (χ1n) is 7.09. The second kappa shape index (κ2) is 6.20. The smallest absolute Gasteiger partial charge is 0.276 e. The number of piperidine rings is 1. The van der Waals surface area contributed by atoms with Crippen LogP contribution in [0.4, 0.5) is 0 Å². The van der Waals surface area contributed by atoms with Gasteiger partial charge in [-0.2, -0.15) is 5.26 Å². The van der Waals surface area contributed by atoms with Crippen LogP contribution in [0, 0.1) is 17.2 Å². The SMILES string of the molecule is N#CC1CCN(C(=O)c2cc(-c3ccc(Cl)cc3)on2)CC1. The fourth-order valence-electron chi connectivity index (χ4n) is 2.50. The molecule has 2 aromatic rings. The molecule has 1 amide bonds. The van der Waals surface area contributed by atoms with Gasteiger partial charge < -0.3 is 9.42 Å². The van der Waals surface area contributed by atoms with Gasteiger partial charge >= 0.3 is 0 Å². The Labute approximate surface area is 133 Å². The third-order valence-electron chi connectivity index (χ3n) is 3.82. The molecule has 5 nitrogen and oxygen atoms in total. The first kappa shape index (κ1) is 14.6.